The van der Waals surface area contributed by atoms with Crippen molar-refractivity contribution in [3.05, 3.63) is 58.5 Å². The van der Waals surface area contributed by atoms with Crippen LogP contribution >= 0.6 is 0 Å². The lowest BCUT2D eigenvalue weighted by atomic mass is 10.0. The summed E-state index contributed by atoms with van der Waals surface area (Å²) in [5.74, 6) is 0.750. The van der Waals surface area contributed by atoms with E-state index < -0.39 is 6.10 Å². The van der Waals surface area contributed by atoms with Gasteiger partial charge in [-0.25, -0.2) is 0 Å². The van der Waals surface area contributed by atoms with E-state index in [2.05, 4.69) is 5.32 Å². The number of nitrogens with one attached hydrogen (secondary N) is 1. The zero-order valence-corrected chi connectivity index (χ0v) is 14.1. The van der Waals surface area contributed by atoms with Gasteiger partial charge in [0.1, 0.15) is 5.76 Å². The van der Waals surface area contributed by atoms with Crippen molar-refractivity contribution in [1.82, 2.24) is 10.2 Å². The Morgan fingerprint density at radius 2 is 2.04 bits per heavy atom. The predicted molar refractivity (Wildman–Crippen MR) is 89.3 cm³/mol. The molecule has 1 aromatic carbocycles. The minimum Gasteiger partial charge on any atom is -0.455 e. The summed E-state index contributed by atoms with van der Waals surface area (Å²) in [6.45, 7) is 5.03. The number of likely N-dealkylation sites (N-methyl/N-ethyl adjacent to an activating group) is 1. The van der Waals surface area contributed by atoms with E-state index in [0.717, 1.165) is 16.7 Å². The third-order valence-electron chi connectivity index (χ3n) is 3.82. The first kappa shape index (κ1) is 17.2. The van der Waals surface area contributed by atoms with Gasteiger partial charge in [0.2, 0.25) is 0 Å². The highest BCUT2D eigenvalue weighted by molar-refractivity contribution is 5.91. The Morgan fingerprint density at radius 1 is 1.30 bits per heavy atom. The zero-order valence-electron chi connectivity index (χ0n) is 14.1. The topological polar surface area (TPSA) is 65.7 Å². The Hall–Kier alpha value is -2.11. The van der Waals surface area contributed by atoms with Gasteiger partial charge in [-0.05, 0) is 44.2 Å². The maximum atomic E-state index is 11.5. The van der Waals surface area contributed by atoms with Gasteiger partial charge < -0.3 is 14.8 Å². The van der Waals surface area contributed by atoms with Crippen molar-refractivity contribution >= 4 is 5.91 Å². The minimum absolute atomic E-state index is 0.241. The summed E-state index contributed by atoms with van der Waals surface area (Å²) in [5, 5.41) is 13.0. The predicted octanol–water partition coefficient (Wildman–Crippen LogP) is 2.42. The van der Waals surface area contributed by atoms with Gasteiger partial charge in [0.05, 0.1) is 12.6 Å². The summed E-state index contributed by atoms with van der Waals surface area (Å²) in [4.78, 5) is 13.5. The Kier molecular flexibility index (Phi) is 5.58. The van der Waals surface area contributed by atoms with E-state index in [1.807, 2.05) is 44.0 Å². The molecule has 0 spiro atoms. The molecule has 0 bridgehead atoms. The van der Waals surface area contributed by atoms with Crippen LogP contribution in [0.25, 0.3) is 0 Å². The molecule has 0 fully saturated rings. The number of aliphatic hydroxyl groups excluding tert-OH is 1. The fraction of sp³-hybridized carbons (Fsp3) is 0.389. The van der Waals surface area contributed by atoms with E-state index in [-0.39, 0.29) is 5.91 Å². The Morgan fingerprint density at radius 3 is 2.74 bits per heavy atom. The second kappa shape index (κ2) is 7.44. The summed E-state index contributed by atoms with van der Waals surface area (Å²) in [7, 11) is 3.48. The highest BCUT2D eigenvalue weighted by Crippen LogP contribution is 2.20. The summed E-state index contributed by atoms with van der Waals surface area (Å²) in [6, 6.07) is 9.52. The van der Waals surface area contributed by atoms with Crippen molar-refractivity contribution in [1.29, 1.82) is 0 Å². The largest absolute Gasteiger partial charge is 0.455 e. The van der Waals surface area contributed by atoms with Crippen LogP contribution in [0, 0.1) is 13.8 Å². The average molecular weight is 316 g/mol. The van der Waals surface area contributed by atoms with Gasteiger partial charge in [0.15, 0.2) is 5.76 Å². The number of carbonyl (C=O) groups is 1. The van der Waals surface area contributed by atoms with Crippen molar-refractivity contribution in [3.8, 4) is 0 Å². The molecule has 1 aromatic heterocycles. The molecule has 124 valence electrons. The fourth-order valence-electron chi connectivity index (χ4n) is 2.55. The van der Waals surface area contributed by atoms with Gasteiger partial charge in [0.25, 0.3) is 5.91 Å². The summed E-state index contributed by atoms with van der Waals surface area (Å²) >= 11 is 0. The maximum Gasteiger partial charge on any atom is 0.286 e. The molecular formula is C18H24N2O3. The van der Waals surface area contributed by atoms with Crippen LogP contribution in [-0.4, -0.2) is 36.6 Å². The molecule has 0 aliphatic heterocycles. The molecular weight excluding hydrogens is 292 g/mol. The molecule has 5 heteroatoms. The SMILES string of the molecule is CNC(=O)c1ccc(CN(C)C[C@H](O)c2cc(C)ccc2C)o1. The van der Waals surface area contributed by atoms with E-state index in [9.17, 15) is 9.90 Å². The van der Waals surface area contributed by atoms with Crippen molar-refractivity contribution in [2.45, 2.75) is 26.5 Å². The maximum absolute atomic E-state index is 11.5. The van der Waals surface area contributed by atoms with Gasteiger partial charge in [-0.1, -0.05) is 23.8 Å². The summed E-state index contributed by atoms with van der Waals surface area (Å²) < 4.78 is 5.50. The molecule has 1 atom stereocenters. The lowest BCUT2D eigenvalue weighted by Gasteiger charge is -2.21. The monoisotopic (exact) mass is 316 g/mol. The standard InChI is InChI=1S/C18H24N2O3/c1-12-5-6-13(2)15(9-12)16(21)11-20(4)10-14-7-8-17(23-14)18(22)19-3/h5-9,16,21H,10-11H2,1-4H3,(H,19,22)/t16-/m0/s1. The Bertz CT molecular complexity index is 679. The molecule has 0 unspecified atom stereocenters. The van der Waals surface area contributed by atoms with Crippen molar-refractivity contribution in [2.24, 2.45) is 0 Å². The highest BCUT2D eigenvalue weighted by atomic mass is 16.4. The first-order valence-corrected chi connectivity index (χ1v) is 7.65. The molecule has 2 aromatic rings. The molecule has 23 heavy (non-hydrogen) atoms. The van der Waals surface area contributed by atoms with Gasteiger partial charge in [-0.3, -0.25) is 9.69 Å². The first-order valence-electron chi connectivity index (χ1n) is 7.65. The second-order valence-corrected chi connectivity index (χ2v) is 5.92. The van der Waals surface area contributed by atoms with Crippen LogP contribution in [0.3, 0.4) is 0 Å². The number of hydrogen-bond donors (Lipinski definition) is 2. The molecule has 1 amide bonds. The summed E-state index contributed by atoms with van der Waals surface area (Å²) in [6.07, 6.45) is -0.562. The number of aliphatic hydroxyl groups is 1. The third kappa shape index (κ3) is 4.43. The smallest absolute Gasteiger partial charge is 0.286 e. The van der Waals surface area contributed by atoms with Gasteiger partial charge >= 0.3 is 0 Å². The van der Waals surface area contributed by atoms with Crippen LogP contribution in [0.15, 0.2) is 34.7 Å². The second-order valence-electron chi connectivity index (χ2n) is 5.92. The molecule has 2 rings (SSSR count). The normalized spacial score (nSPS) is 12.4. The van der Waals surface area contributed by atoms with Gasteiger partial charge in [-0.15, -0.1) is 0 Å². The third-order valence-corrected chi connectivity index (χ3v) is 3.82. The van der Waals surface area contributed by atoms with Crippen molar-refractivity contribution in [2.75, 3.05) is 20.6 Å². The van der Waals surface area contributed by atoms with Crippen molar-refractivity contribution < 1.29 is 14.3 Å². The van der Waals surface area contributed by atoms with E-state index in [0.29, 0.717) is 24.6 Å². The molecule has 0 aliphatic carbocycles. The van der Waals surface area contributed by atoms with Crippen LogP contribution in [0.1, 0.15) is 39.1 Å². The van der Waals surface area contributed by atoms with E-state index in [4.69, 9.17) is 4.42 Å². The number of rotatable bonds is 6. The number of furan rings is 1. The number of hydrogen-bond acceptors (Lipinski definition) is 4. The molecule has 0 saturated carbocycles. The van der Waals surface area contributed by atoms with E-state index >= 15 is 0 Å². The molecule has 1 heterocycles. The van der Waals surface area contributed by atoms with Gasteiger partial charge in [0, 0.05) is 13.6 Å². The average Bonchev–Trinajstić information content (AvgIpc) is 2.97. The van der Waals surface area contributed by atoms with Crippen LogP contribution in [0.2, 0.25) is 0 Å². The minimum atomic E-state index is -0.562. The molecule has 0 radical (unpaired) electrons. The Balaban J connectivity index is 1.98. The number of nitrogens with zero attached hydrogens (tertiary/aromatic N) is 1. The Labute approximate surface area is 136 Å². The highest BCUT2D eigenvalue weighted by Gasteiger charge is 2.15. The number of benzene rings is 1. The first-order chi connectivity index (χ1) is 10.9. The van der Waals surface area contributed by atoms with Crippen molar-refractivity contribution in [3.63, 3.8) is 0 Å². The van der Waals surface area contributed by atoms with Crippen LogP contribution in [-0.2, 0) is 6.54 Å². The van der Waals surface area contributed by atoms with Crippen LogP contribution in [0.5, 0.6) is 0 Å². The fourth-order valence-corrected chi connectivity index (χ4v) is 2.55. The number of aryl methyl sites for hydroxylation is 2. The van der Waals surface area contributed by atoms with Crippen LogP contribution in [0.4, 0.5) is 0 Å². The number of amides is 1. The number of carbonyl (C=O) groups excluding carboxylic acids is 1. The lowest BCUT2D eigenvalue weighted by molar-refractivity contribution is 0.0927. The molecule has 0 saturated heterocycles. The van der Waals surface area contributed by atoms with E-state index in [1.54, 1.807) is 19.2 Å². The van der Waals surface area contributed by atoms with Gasteiger partial charge in [-0.2, -0.15) is 0 Å². The van der Waals surface area contributed by atoms with E-state index in [1.165, 1.54) is 0 Å². The zero-order chi connectivity index (χ0) is 17.0. The van der Waals surface area contributed by atoms with Crippen LogP contribution < -0.4 is 5.32 Å². The summed E-state index contributed by atoms with van der Waals surface area (Å²) in [5.41, 5.74) is 3.16. The quantitative estimate of drug-likeness (QED) is 0.859. The molecule has 5 nitrogen and oxygen atoms in total. The molecule has 0 aliphatic rings. The lowest BCUT2D eigenvalue weighted by Crippen LogP contribution is -2.24. The molecule has 2 N–H and O–H groups in total.